The van der Waals surface area contributed by atoms with E-state index in [2.05, 4.69) is 10.2 Å². The normalized spacial score (nSPS) is 22.8. The molecule has 3 rings (SSSR count). The monoisotopic (exact) mass is 290 g/mol. The molecule has 1 atom stereocenters. The zero-order valence-corrected chi connectivity index (χ0v) is 12.6. The molecule has 1 aromatic carbocycles. The van der Waals surface area contributed by atoms with Crippen LogP contribution >= 0.6 is 0 Å². The number of carbonyl (C=O) groups is 1. The Morgan fingerprint density at radius 1 is 1.29 bits per heavy atom. The Labute approximate surface area is 125 Å². The molecule has 5 heteroatoms. The minimum absolute atomic E-state index is 0.0190. The van der Waals surface area contributed by atoms with Gasteiger partial charge in [0.15, 0.2) is 0 Å². The fourth-order valence-electron chi connectivity index (χ4n) is 3.04. The van der Waals surface area contributed by atoms with Gasteiger partial charge in [0, 0.05) is 31.3 Å². The smallest absolute Gasteiger partial charge is 0.237 e. The molecule has 0 radical (unpaired) electrons. The maximum Gasteiger partial charge on any atom is 0.237 e. The zero-order valence-electron chi connectivity index (χ0n) is 12.6. The number of ether oxygens (including phenoxy) is 2. The van der Waals surface area contributed by atoms with Crippen molar-refractivity contribution in [3.8, 4) is 11.5 Å². The van der Waals surface area contributed by atoms with Crippen LogP contribution in [0.1, 0.15) is 18.4 Å². The van der Waals surface area contributed by atoms with Gasteiger partial charge in [-0.1, -0.05) is 6.07 Å². The first-order valence-corrected chi connectivity index (χ1v) is 7.45. The fourth-order valence-corrected chi connectivity index (χ4v) is 3.04. The third kappa shape index (κ3) is 2.97. The SMILES string of the molecule is COc1ccc(CN2CCNC(=O)C2C2CC2)c(OC)c1. The number of nitrogens with one attached hydrogen (secondary N) is 1. The van der Waals surface area contributed by atoms with Gasteiger partial charge in [0.1, 0.15) is 11.5 Å². The van der Waals surface area contributed by atoms with Crippen molar-refractivity contribution in [1.82, 2.24) is 10.2 Å². The summed E-state index contributed by atoms with van der Waals surface area (Å²) in [5.74, 6) is 2.30. The van der Waals surface area contributed by atoms with Crippen LogP contribution in [0.4, 0.5) is 0 Å². The van der Waals surface area contributed by atoms with Gasteiger partial charge in [0.25, 0.3) is 0 Å². The highest BCUT2D eigenvalue weighted by Crippen LogP contribution is 2.37. The number of hydrogen-bond acceptors (Lipinski definition) is 4. The van der Waals surface area contributed by atoms with Gasteiger partial charge in [-0.05, 0) is 24.8 Å². The largest absolute Gasteiger partial charge is 0.497 e. The molecular formula is C16H22N2O3. The molecule has 114 valence electrons. The molecule has 0 aromatic heterocycles. The number of nitrogens with zero attached hydrogens (tertiary/aromatic N) is 1. The molecule has 1 heterocycles. The lowest BCUT2D eigenvalue weighted by Crippen LogP contribution is -2.55. The van der Waals surface area contributed by atoms with Crippen LogP contribution in [0.25, 0.3) is 0 Å². The second-order valence-electron chi connectivity index (χ2n) is 5.72. The van der Waals surface area contributed by atoms with Crippen LogP contribution in [0.3, 0.4) is 0 Å². The van der Waals surface area contributed by atoms with Crippen LogP contribution < -0.4 is 14.8 Å². The van der Waals surface area contributed by atoms with E-state index in [1.807, 2.05) is 18.2 Å². The summed E-state index contributed by atoms with van der Waals surface area (Å²) in [7, 11) is 3.31. The molecule has 1 N–H and O–H groups in total. The number of benzene rings is 1. The maximum atomic E-state index is 12.1. The Balaban J connectivity index is 1.79. The van der Waals surface area contributed by atoms with E-state index < -0.39 is 0 Å². The van der Waals surface area contributed by atoms with E-state index in [0.29, 0.717) is 5.92 Å². The van der Waals surface area contributed by atoms with Crippen molar-refractivity contribution >= 4 is 5.91 Å². The van der Waals surface area contributed by atoms with E-state index >= 15 is 0 Å². The molecule has 1 unspecified atom stereocenters. The number of methoxy groups -OCH3 is 2. The summed E-state index contributed by atoms with van der Waals surface area (Å²) in [6, 6.07) is 5.87. The van der Waals surface area contributed by atoms with Crippen molar-refractivity contribution in [2.24, 2.45) is 5.92 Å². The molecule has 1 aromatic rings. The van der Waals surface area contributed by atoms with Crippen LogP contribution in [0.5, 0.6) is 11.5 Å². The lowest BCUT2D eigenvalue weighted by molar-refractivity contribution is -0.130. The summed E-state index contributed by atoms with van der Waals surface area (Å²) in [4.78, 5) is 14.4. The molecule has 1 aliphatic heterocycles. The van der Waals surface area contributed by atoms with Gasteiger partial charge in [-0.25, -0.2) is 0 Å². The van der Waals surface area contributed by atoms with E-state index in [9.17, 15) is 4.79 Å². The Hall–Kier alpha value is -1.75. The Morgan fingerprint density at radius 3 is 2.76 bits per heavy atom. The second-order valence-corrected chi connectivity index (χ2v) is 5.72. The van der Waals surface area contributed by atoms with Gasteiger partial charge in [-0.2, -0.15) is 0 Å². The highest BCUT2D eigenvalue weighted by atomic mass is 16.5. The molecule has 1 saturated carbocycles. The number of carbonyl (C=O) groups excluding carboxylic acids is 1. The van der Waals surface area contributed by atoms with E-state index in [1.165, 1.54) is 0 Å². The summed E-state index contributed by atoms with van der Waals surface area (Å²) < 4.78 is 10.7. The fraction of sp³-hybridized carbons (Fsp3) is 0.562. The first-order valence-electron chi connectivity index (χ1n) is 7.45. The van der Waals surface area contributed by atoms with Crippen LogP contribution in [0.15, 0.2) is 18.2 Å². The predicted molar refractivity (Wildman–Crippen MR) is 79.5 cm³/mol. The van der Waals surface area contributed by atoms with Crippen molar-refractivity contribution in [2.75, 3.05) is 27.3 Å². The molecule has 21 heavy (non-hydrogen) atoms. The van der Waals surface area contributed by atoms with Crippen LogP contribution in [-0.2, 0) is 11.3 Å². The van der Waals surface area contributed by atoms with Gasteiger partial charge >= 0.3 is 0 Å². The van der Waals surface area contributed by atoms with E-state index in [4.69, 9.17) is 9.47 Å². The summed E-state index contributed by atoms with van der Waals surface area (Å²) in [5.41, 5.74) is 1.10. The number of rotatable bonds is 5. The molecular weight excluding hydrogens is 268 g/mol. The molecule has 0 spiro atoms. The summed E-state index contributed by atoms with van der Waals surface area (Å²) in [6.45, 7) is 2.35. The standard InChI is InChI=1S/C16H22N2O3/c1-20-13-6-5-12(14(9-13)21-2)10-18-8-7-17-16(19)15(18)11-3-4-11/h5-6,9,11,15H,3-4,7-8,10H2,1-2H3,(H,17,19). The van der Waals surface area contributed by atoms with Crippen LogP contribution in [0, 0.1) is 5.92 Å². The topological polar surface area (TPSA) is 50.8 Å². The minimum atomic E-state index is 0.0190. The number of piperazine rings is 1. The third-order valence-corrected chi connectivity index (χ3v) is 4.30. The van der Waals surface area contributed by atoms with Gasteiger partial charge < -0.3 is 14.8 Å². The van der Waals surface area contributed by atoms with Crippen molar-refractivity contribution in [1.29, 1.82) is 0 Å². The Kier molecular flexibility index (Phi) is 4.01. The number of hydrogen-bond donors (Lipinski definition) is 1. The van der Waals surface area contributed by atoms with Gasteiger partial charge in [0.2, 0.25) is 5.91 Å². The lowest BCUT2D eigenvalue weighted by Gasteiger charge is -2.35. The van der Waals surface area contributed by atoms with Crippen molar-refractivity contribution in [2.45, 2.75) is 25.4 Å². The van der Waals surface area contributed by atoms with E-state index in [1.54, 1.807) is 14.2 Å². The lowest BCUT2D eigenvalue weighted by atomic mass is 10.1. The average molecular weight is 290 g/mol. The first kappa shape index (κ1) is 14.2. The predicted octanol–water partition coefficient (Wildman–Crippen LogP) is 1.41. The number of amides is 1. The Morgan fingerprint density at radius 2 is 2.10 bits per heavy atom. The molecule has 5 nitrogen and oxygen atoms in total. The summed E-state index contributed by atoms with van der Waals surface area (Å²) in [5, 5.41) is 2.98. The molecule has 0 bridgehead atoms. The molecule has 1 saturated heterocycles. The molecule has 1 amide bonds. The first-order chi connectivity index (χ1) is 10.2. The second kappa shape index (κ2) is 5.93. The van der Waals surface area contributed by atoms with Crippen LogP contribution in [0.2, 0.25) is 0 Å². The minimum Gasteiger partial charge on any atom is -0.497 e. The molecule has 2 aliphatic rings. The molecule has 2 fully saturated rings. The van der Waals surface area contributed by atoms with Crippen molar-refractivity contribution < 1.29 is 14.3 Å². The zero-order chi connectivity index (χ0) is 14.8. The maximum absolute atomic E-state index is 12.1. The highest BCUT2D eigenvalue weighted by Gasteiger charge is 2.41. The highest BCUT2D eigenvalue weighted by molar-refractivity contribution is 5.83. The summed E-state index contributed by atoms with van der Waals surface area (Å²) >= 11 is 0. The third-order valence-electron chi connectivity index (χ3n) is 4.30. The van der Waals surface area contributed by atoms with Gasteiger partial charge in [0.05, 0.1) is 20.3 Å². The van der Waals surface area contributed by atoms with Crippen molar-refractivity contribution in [3.05, 3.63) is 23.8 Å². The van der Waals surface area contributed by atoms with Gasteiger partial charge in [-0.3, -0.25) is 9.69 Å². The quantitative estimate of drug-likeness (QED) is 0.891. The van der Waals surface area contributed by atoms with Gasteiger partial charge in [-0.15, -0.1) is 0 Å². The van der Waals surface area contributed by atoms with Crippen molar-refractivity contribution in [3.63, 3.8) is 0 Å². The van der Waals surface area contributed by atoms with Crippen LogP contribution in [-0.4, -0.2) is 44.2 Å². The summed E-state index contributed by atoms with van der Waals surface area (Å²) in [6.07, 6.45) is 2.32. The molecule has 1 aliphatic carbocycles. The average Bonchev–Trinajstić information content (AvgIpc) is 3.32. The Bertz CT molecular complexity index is 528. The van der Waals surface area contributed by atoms with E-state index in [-0.39, 0.29) is 11.9 Å². The van der Waals surface area contributed by atoms with E-state index in [0.717, 1.165) is 49.5 Å².